The lowest BCUT2D eigenvalue weighted by Gasteiger charge is -2.18. The number of pyridine rings is 3. The van der Waals surface area contributed by atoms with E-state index >= 15 is 0 Å². The molecule has 1 aliphatic rings. The summed E-state index contributed by atoms with van der Waals surface area (Å²) in [4.78, 5) is 25.8. The number of hydrogen-bond acceptors (Lipinski definition) is 4. The Bertz CT molecular complexity index is 1640. The van der Waals surface area contributed by atoms with Crippen LogP contribution in [0.5, 0.6) is 0 Å². The summed E-state index contributed by atoms with van der Waals surface area (Å²) in [6.07, 6.45) is 5.38. The molecule has 6 heteroatoms. The smallest absolute Gasteiger partial charge is 0.191 e. The van der Waals surface area contributed by atoms with Crippen LogP contribution in [0.1, 0.15) is 65.5 Å². The third kappa shape index (κ3) is 6.56. The summed E-state index contributed by atoms with van der Waals surface area (Å²) in [6, 6.07) is 19.7. The zero-order valence-corrected chi connectivity index (χ0v) is 25.6. The molecule has 1 fully saturated rings. The van der Waals surface area contributed by atoms with Crippen molar-refractivity contribution in [3.8, 4) is 22.4 Å². The summed E-state index contributed by atoms with van der Waals surface area (Å²) >= 11 is 0. The molecule has 0 amide bonds. The lowest BCUT2D eigenvalue weighted by molar-refractivity contribution is 0.682. The van der Waals surface area contributed by atoms with E-state index in [0.29, 0.717) is 16.8 Å². The fourth-order valence-corrected chi connectivity index (χ4v) is 6.12. The Morgan fingerprint density at radius 2 is 1.60 bits per heavy atom. The Labute approximate surface area is 240 Å². The van der Waals surface area contributed by atoms with Crippen molar-refractivity contribution in [2.24, 2.45) is 0 Å². The van der Waals surface area contributed by atoms with Crippen molar-refractivity contribution in [3.05, 3.63) is 94.4 Å². The molecule has 3 aromatic heterocycles. The van der Waals surface area contributed by atoms with Gasteiger partial charge in [0.15, 0.2) is 5.43 Å². The average molecular weight is 556 g/mol. The van der Waals surface area contributed by atoms with Gasteiger partial charge in [-0.2, -0.15) is 0 Å². The van der Waals surface area contributed by atoms with Gasteiger partial charge in [0, 0.05) is 51.0 Å². The summed E-state index contributed by atoms with van der Waals surface area (Å²) < 4.78 is 13.2. The van der Waals surface area contributed by atoms with E-state index in [1.165, 1.54) is 6.07 Å². The highest BCUT2D eigenvalue weighted by molar-refractivity contribution is 7.85. The van der Waals surface area contributed by atoms with Crippen LogP contribution in [0.3, 0.4) is 0 Å². The zero-order chi connectivity index (χ0) is 29.2. The highest BCUT2D eigenvalue weighted by Crippen LogP contribution is 2.40. The molecule has 1 aliphatic carbocycles. The van der Waals surface area contributed by atoms with Gasteiger partial charge in [-0.05, 0) is 54.7 Å². The second-order valence-electron chi connectivity index (χ2n) is 8.84. The molecule has 0 bridgehead atoms. The van der Waals surface area contributed by atoms with Crippen molar-refractivity contribution in [1.82, 2.24) is 15.0 Å². The van der Waals surface area contributed by atoms with Crippen molar-refractivity contribution in [2.45, 2.75) is 72.3 Å². The number of aromatic nitrogens is 3. The maximum absolute atomic E-state index is 13.2. The number of nitrogens with zero attached hydrogens (tertiary/aromatic N) is 2. The van der Waals surface area contributed by atoms with Crippen LogP contribution in [-0.2, 0) is 16.6 Å². The first-order chi connectivity index (χ1) is 19.6. The predicted molar refractivity (Wildman–Crippen MR) is 172 cm³/mol. The Hall–Kier alpha value is -3.64. The lowest BCUT2D eigenvalue weighted by atomic mass is 9.91. The summed E-state index contributed by atoms with van der Waals surface area (Å²) in [5.41, 5.74) is 6.77. The van der Waals surface area contributed by atoms with Gasteiger partial charge in [-0.3, -0.25) is 14.0 Å². The summed E-state index contributed by atoms with van der Waals surface area (Å²) in [6.45, 7) is 14.0. The Kier molecular flexibility index (Phi) is 11.3. The predicted octanol–water partition coefficient (Wildman–Crippen LogP) is 8.60. The molecule has 3 heterocycles. The average Bonchev–Trinajstić information content (AvgIpc) is 3.86. The monoisotopic (exact) mass is 555 g/mol. The molecule has 0 radical (unpaired) electrons. The molecular formula is C34H41N3O2S. The highest BCUT2D eigenvalue weighted by atomic mass is 32.2. The van der Waals surface area contributed by atoms with Crippen molar-refractivity contribution in [2.75, 3.05) is 0 Å². The molecule has 1 saturated carbocycles. The highest BCUT2D eigenvalue weighted by Gasteiger charge is 2.30. The van der Waals surface area contributed by atoms with E-state index < -0.39 is 10.8 Å². The molecule has 0 aliphatic heterocycles. The number of rotatable bonds is 5. The Balaban J connectivity index is 0.000000691. The van der Waals surface area contributed by atoms with Crippen molar-refractivity contribution < 1.29 is 4.21 Å². The van der Waals surface area contributed by atoms with E-state index in [1.807, 2.05) is 90.9 Å². The number of fused-ring (bicyclic) bond motifs is 2. The summed E-state index contributed by atoms with van der Waals surface area (Å²) in [7, 11) is -1.05. The minimum Gasteiger partial charge on any atom is -0.346 e. The minimum absolute atomic E-state index is 0.107. The zero-order valence-electron chi connectivity index (χ0n) is 24.7. The minimum atomic E-state index is -1.05. The Morgan fingerprint density at radius 3 is 2.27 bits per heavy atom. The van der Waals surface area contributed by atoms with E-state index in [4.69, 9.17) is 4.98 Å². The molecule has 0 saturated heterocycles. The van der Waals surface area contributed by atoms with Crippen molar-refractivity contribution in [1.29, 1.82) is 0 Å². The first-order valence-electron chi connectivity index (χ1n) is 14.4. The number of benzene rings is 2. The van der Waals surface area contributed by atoms with Crippen LogP contribution in [0, 0.1) is 6.92 Å². The molecule has 1 atom stereocenters. The third-order valence-electron chi connectivity index (χ3n) is 6.42. The molecule has 5 nitrogen and oxygen atoms in total. The van der Waals surface area contributed by atoms with Crippen LogP contribution in [0.4, 0.5) is 0 Å². The second kappa shape index (κ2) is 14.7. The van der Waals surface area contributed by atoms with Gasteiger partial charge in [0.05, 0.1) is 22.3 Å². The summed E-state index contributed by atoms with van der Waals surface area (Å²) in [5, 5.41) is 1.75. The number of nitrogens with one attached hydrogen (secondary N) is 1. The van der Waals surface area contributed by atoms with E-state index in [0.717, 1.165) is 57.3 Å². The number of aryl methyl sites for hydroxylation is 1. The summed E-state index contributed by atoms with van der Waals surface area (Å²) in [5.74, 6) is 0.329. The maximum Gasteiger partial charge on any atom is 0.191 e. The normalized spacial score (nSPS) is 12.8. The molecule has 0 spiro atoms. The molecule has 1 N–H and O–H groups in total. The van der Waals surface area contributed by atoms with Crippen LogP contribution in [-0.4, -0.2) is 24.4 Å². The van der Waals surface area contributed by atoms with Gasteiger partial charge >= 0.3 is 0 Å². The van der Waals surface area contributed by atoms with Gasteiger partial charge in [-0.15, -0.1) is 0 Å². The van der Waals surface area contributed by atoms with Gasteiger partial charge in [0.2, 0.25) is 0 Å². The van der Waals surface area contributed by atoms with Gasteiger partial charge < -0.3 is 4.98 Å². The fraction of sp³-hybridized carbons (Fsp3) is 0.324. The standard InChI is InChI=1S/C28H23N3O2S.3C2H6/c1-17-14-20(15-19-8-5-12-29-26(17)19)24-22(16-34(33)21-9-10-21)25-23(32)11-13-30-28(25)31-27(24)18-6-3-2-4-7-18;3*1-2/h2-8,11-15,21H,9-10,16H2,1H3,(H,30,31,32);3*1-2H3. The topological polar surface area (TPSA) is 75.7 Å². The maximum atomic E-state index is 13.2. The lowest BCUT2D eigenvalue weighted by Crippen LogP contribution is -2.12. The first-order valence-corrected chi connectivity index (χ1v) is 15.8. The van der Waals surface area contributed by atoms with Gasteiger partial charge in [-0.1, -0.05) is 77.9 Å². The molecular weight excluding hydrogens is 514 g/mol. The number of H-pyrrole nitrogens is 1. The van der Waals surface area contributed by atoms with E-state index in [-0.39, 0.29) is 10.7 Å². The molecule has 210 valence electrons. The molecule has 6 rings (SSSR count). The molecule has 2 aromatic carbocycles. The number of aromatic amines is 1. The quantitative estimate of drug-likeness (QED) is 0.236. The molecule has 5 aromatic rings. The van der Waals surface area contributed by atoms with E-state index in [9.17, 15) is 9.00 Å². The van der Waals surface area contributed by atoms with Gasteiger partial charge in [0.1, 0.15) is 5.65 Å². The van der Waals surface area contributed by atoms with Crippen LogP contribution in [0.25, 0.3) is 44.3 Å². The van der Waals surface area contributed by atoms with E-state index in [1.54, 1.807) is 12.4 Å². The Morgan fingerprint density at radius 1 is 0.900 bits per heavy atom. The van der Waals surface area contributed by atoms with Crippen molar-refractivity contribution in [3.63, 3.8) is 0 Å². The number of hydrogen-bond donors (Lipinski definition) is 1. The van der Waals surface area contributed by atoms with Gasteiger partial charge in [0.25, 0.3) is 0 Å². The SMILES string of the molecule is CC.CC.CC.Cc1cc(-c2c(-c3ccccc3)nc3[nH]ccc(=O)c3c2CS(=O)C2CC2)cc2cccnc12. The molecule has 40 heavy (non-hydrogen) atoms. The van der Waals surface area contributed by atoms with Crippen molar-refractivity contribution >= 4 is 32.7 Å². The largest absolute Gasteiger partial charge is 0.346 e. The molecule has 1 unspecified atom stereocenters. The van der Waals surface area contributed by atoms with E-state index in [2.05, 4.69) is 22.1 Å². The van der Waals surface area contributed by atoms with Crippen LogP contribution in [0.2, 0.25) is 0 Å². The first kappa shape index (κ1) is 30.9. The van der Waals surface area contributed by atoms with Gasteiger partial charge in [-0.25, -0.2) is 4.98 Å². The van der Waals surface area contributed by atoms with Crippen LogP contribution < -0.4 is 5.43 Å². The van der Waals surface area contributed by atoms with Crippen LogP contribution in [0.15, 0.2) is 77.9 Å². The van der Waals surface area contributed by atoms with Crippen LogP contribution >= 0.6 is 0 Å². The fourth-order valence-electron chi connectivity index (χ4n) is 4.65. The third-order valence-corrected chi connectivity index (χ3v) is 8.20. The second-order valence-corrected chi connectivity index (χ2v) is 10.6.